The van der Waals surface area contributed by atoms with Crippen LogP contribution in [0.5, 0.6) is 0 Å². The van der Waals surface area contributed by atoms with Crippen LogP contribution in [0.4, 0.5) is 0 Å². The average Bonchev–Trinajstić information content (AvgIpc) is 2.75. The van der Waals surface area contributed by atoms with Crippen molar-refractivity contribution in [2.45, 2.75) is 25.8 Å². The molecule has 1 aromatic rings. The lowest BCUT2D eigenvalue weighted by molar-refractivity contribution is 0.0810. The van der Waals surface area contributed by atoms with Crippen LogP contribution in [-0.4, -0.2) is 31.6 Å². The van der Waals surface area contributed by atoms with Crippen LogP contribution in [-0.2, 0) is 0 Å². The van der Waals surface area contributed by atoms with Crippen LogP contribution in [0.15, 0.2) is 21.2 Å². The van der Waals surface area contributed by atoms with Crippen LogP contribution in [0, 0.1) is 5.92 Å². The Morgan fingerprint density at radius 2 is 2.41 bits per heavy atom. The molecule has 0 bridgehead atoms. The van der Waals surface area contributed by atoms with E-state index in [-0.39, 0.29) is 0 Å². The summed E-state index contributed by atoms with van der Waals surface area (Å²) < 4.78 is 6.80. The monoisotopic (exact) mass is 300 g/mol. The quantitative estimate of drug-likeness (QED) is 0.926. The van der Waals surface area contributed by atoms with Crippen LogP contribution in [0.1, 0.15) is 31.6 Å². The zero-order valence-electron chi connectivity index (χ0n) is 10.6. The third kappa shape index (κ3) is 2.75. The van der Waals surface area contributed by atoms with E-state index in [0.717, 1.165) is 23.3 Å². The van der Waals surface area contributed by atoms with Gasteiger partial charge in [0.25, 0.3) is 0 Å². The molecule has 1 fully saturated rings. The van der Waals surface area contributed by atoms with Crippen LogP contribution < -0.4 is 5.32 Å². The molecule has 0 radical (unpaired) electrons. The molecule has 0 amide bonds. The number of rotatable bonds is 4. The summed E-state index contributed by atoms with van der Waals surface area (Å²) in [6.45, 7) is 5.53. The Morgan fingerprint density at radius 1 is 1.59 bits per heavy atom. The van der Waals surface area contributed by atoms with E-state index in [1.165, 1.54) is 19.4 Å². The summed E-state index contributed by atoms with van der Waals surface area (Å²) in [6.07, 6.45) is 4.34. The number of hydrogen-bond acceptors (Lipinski definition) is 3. The Hall–Kier alpha value is -0.320. The highest BCUT2D eigenvalue weighted by molar-refractivity contribution is 9.10. The van der Waals surface area contributed by atoms with Gasteiger partial charge in [0.1, 0.15) is 5.76 Å². The first-order valence-corrected chi connectivity index (χ1v) is 7.18. The molecule has 96 valence electrons. The standard InChI is InChI=1S/C13H21BrN2O/c1-3-16-7-4-5-10(9-15-2)12(16)13-11(14)6-8-17-13/h6,8,10,12,15H,3-5,7,9H2,1-2H3. The van der Waals surface area contributed by atoms with Gasteiger partial charge >= 0.3 is 0 Å². The molecule has 2 rings (SSSR count). The Balaban J connectivity index is 2.25. The molecular formula is C13H21BrN2O. The van der Waals surface area contributed by atoms with Crippen LogP contribution in [0.2, 0.25) is 0 Å². The minimum Gasteiger partial charge on any atom is -0.466 e. The molecule has 1 aliphatic heterocycles. The normalized spacial score (nSPS) is 26.3. The van der Waals surface area contributed by atoms with Gasteiger partial charge in [-0.05, 0) is 67.4 Å². The molecule has 0 spiro atoms. The van der Waals surface area contributed by atoms with Crippen molar-refractivity contribution in [1.82, 2.24) is 10.2 Å². The van der Waals surface area contributed by atoms with Crippen molar-refractivity contribution in [2.24, 2.45) is 5.92 Å². The molecule has 2 unspecified atom stereocenters. The zero-order chi connectivity index (χ0) is 12.3. The molecule has 2 atom stereocenters. The van der Waals surface area contributed by atoms with E-state index in [1.807, 2.05) is 13.1 Å². The van der Waals surface area contributed by atoms with Gasteiger partial charge in [0.15, 0.2) is 0 Å². The van der Waals surface area contributed by atoms with Gasteiger partial charge in [-0.2, -0.15) is 0 Å². The lowest BCUT2D eigenvalue weighted by atomic mass is 9.87. The van der Waals surface area contributed by atoms with Crippen molar-refractivity contribution >= 4 is 15.9 Å². The second kappa shape index (κ2) is 6.03. The summed E-state index contributed by atoms with van der Waals surface area (Å²) in [4.78, 5) is 2.52. The molecule has 2 heterocycles. The zero-order valence-corrected chi connectivity index (χ0v) is 12.2. The highest BCUT2D eigenvalue weighted by Crippen LogP contribution is 2.39. The number of likely N-dealkylation sites (tertiary alicyclic amines) is 1. The molecule has 0 aliphatic carbocycles. The van der Waals surface area contributed by atoms with Crippen LogP contribution in [0.3, 0.4) is 0 Å². The maximum absolute atomic E-state index is 5.70. The Kier molecular flexibility index (Phi) is 4.65. The van der Waals surface area contributed by atoms with E-state index in [9.17, 15) is 0 Å². The molecule has 0 saturated carbocycles. The largest absolute Gasteiger partial charge is 0.466 e. The molecule has 17 heavy (non-hydrogen) atoms. The number of nitrogens with one attached hydrogen (secondary N) is 1. The summed E-state index contributed by atoms with van der Waals surface area (Å²) in [5, 5.41) is 3.31. The van der Waals surface area contributed by atoms with Crippen LogP contribution >= 0.6 is 15.9 Å². The maximum Gasteiger partial charge on any atom is 0.135 e. The Labute approximate surface area is 112 Å². The first-order valence-electron chi connectivity index (χ1n) is 6.39. The second-order valence-corrected chi connectivity index (χ2v) is 5.52. The lowest BCUT2D eigenvalue weighted by Crippen LogP contribution is -2.41. The van der Waals surface area contributed by atoms with Gasteiger partial charge in [-0.3, -0.25) is 4.90 Å². The second-order valence-electron chi connectivity index (χ2n) is 4.67. The predicted molar refractivity (Wildman–Crippen MR) is 73.0 cm³/mol. The summed E-state index contributed by atoms with van der Waals surface area (Å²) in [7, 11) is 2.03. The van der Waals surface area contributed by atoms with Crippen molar-refractivity contribution < 1.29 is 4.42 Å². The molecule has 1 aliphatic rings. The van der Waals surface area contributed by atoms with Crippen molar-refractivity contribution in [3.8, 4) is 0 Å². The SMILES string of the molecule is CCN1CCCC(CNC)C1c1occc1Br. The summed E-state index contributed by atoms with van der Waals surface area (Å²) in [5.74, 6) is 1.72. The molecular weight excluding hydrogens is 280 g/mol. The van der Waals surface area contributed by atoms with Crippen molar-refractivity contribution in [3.63, 3.8) is 0 Å². The third-order valence-electron chi connectivity index (χ3n) is 3.65. The van der Waals surface area contributed by atoms with Gasteiger partial charge in [-0.15, -0.1) is 0 Å². The van der Waals surface area contributed by atoms with E-state index in [4.69, 9.17) is 4.42 Å². The van der Waals surface area contributed by atoms with E-state index in [1.54, 1.807) is 6.26 Å². The fraction of sp³-hybridized carbons (Fsp3) is 0.692. The minimum absolute atomic E-state index is 0.408. The minimum atomic E-state index is 0.408. The smallest absolute Gasteiger partial charge is 0.135 e. The number of nitrogens with zero attached hydrogens (tertiary/aromatic N) is 1. The topological polar surface area (TPSA) is 28.4 Å². The van der Waals surface area contributed by atoms with E-state index in [2.05, 4.69) is 33.1 Å². The molecule has 3 nitrogen and oxygen atoms in total. The first-order chi connectivity index (χ1) is 8.27. The van der Waals surface area contributed by atoms with Gasteiger partial charge in [-0.25, -0.2) is 0 Å². The van der Waals surface area contributed by atoms with Crippen molar-refractivity contribution in [3.05, 3.63) is 22.6 Å². The Bertz CT molecular complexity index is 351. The highest BCUT2D eigenvalue weighted by Gasteiger charge is 2.34. The van der Waals surface area contributed by atoms with E-state index >= 15 is 0 Å². The van der Waals surface area contributed by atoms with Gasteiger partial charge < -0.3 is 9.73 Å². The number of hydrogen-bond donors (Lipinski definition) is 1. The lowest BCUT2D eigenvalue weighted by Gasteiger charge is -2.40. The molecule has 0 aromatic carbocycles. The summed E-state index contributed by atoms with van der Waals surface area (Å²) >= 11 is 3.60. The van der Waals surface area contributed by atoms with E-state index in [0.29, 0.717) is 12.0 Å². The number of piperidine rings is 1. The summed E-state index contributed by atoms with van der Waals surface area (Å²) in [5.41, 5.74) is 0. The van der Waals surface area contributed by atoms with E-state index < -0.39 is 0 Å². The van der Waals surface area contributed by atoms with Gasteiger partial charge in [0.2, 0.25) is 0 Å². The fourth-order valence-electron chi connectivity index (χ4n) is 2.88. The molecule has 1 N–H and O–H groups in total. The van der Waals surface area contributed by atoms with Crippen molar-refractivity contribution in [2.75, 3.05) is 26.7 Å². The first kappa shape index (κ1) is 13.1. The molecule has 4 heteroatoms. The fourth-order valence-corrected chi connectivity index (χ4v) is 3.31. The van der Waals surface area contributed by atoms with Crippen molar-refractivity contribution in [1.29, 1.82) is 0 Å². The third-order valence-corrected chi connectivity index (χ3v) is 4.30. The highest BCUT2D eigenvalue weighted by atomic mass is 79.9. The van der Waals surface area contributed by atoms with Crippen LogP contribution in [0.25, 0.3) is 0 Å². The number of halogens is 1. The number of furan rings is 1. The maximum atomic E-state index is 5.70. The summed E-state index contributed by atoms with van der Waals surface area (Å²) in [6, 6.07) is 2.40. The van der Waals surface area contributed by atoms with Gasteiger partial charge in [0.05, 0.1) is 16.8 Å². The van der Waals surface area contributed by atoms with Gasteiger partial charge in [-0.1, -0.05) is 6.92 Å². The molecule has 1 saturated heterocycles. The van der Waals surface area contributed by atoms with Gasteiger partial charge in [0, 0.05) is 0 Å². The molecule has 1 aromatic heterocycles. The Morgan fingerprint density at radius 3 is 3.00 bits per heavy atom. The average molecular weight is 301 g/mol. The predicted octanol–water partition coefficient (Wildman–Crippen LogP) is 3.03.